The quantitative estimate of drug-likeness (QED) is 0.240. The number of esters is 2. The monoisotopic (exact) mass is 444 g/mol. The molecular formula is C28H44O4. The molecule has 4 aliphatic rings. The van der Waals surface area contributed by atoms with E-state index in [0.29, 0.717) is 18.4 Å². The van der Waals surface area contributed by atoms with Crippen molar-refractivity contribution < 1.29 is 19.1 Å². The molecule has 3 saturated carbocycles. The molecule has 32 heavy (non-hydrogen) atoms. The van der Waals surface area contributed by atoms with Crippen molar-refractivity contribution in [2.45, 2.75) is 109 Å². The summed E-state index contributed by atoms with van der Waals surface area (Å²) in [5, 5.41) is 0. The lowest BCUT2D eigenvalue weighted by Crippen LogP contribution is -2.25. The first-order valence-electron chi connectivity index (χ1n) is 13.6. The minimum absolute atomic E-state index is 0.0826. The summed E-state index contributed by atoms with van der Waals surface area (Å²) in [6.07, 6.45) is 23.7. The van der Waals surface area contributed by atoms with E-state index in [1.54, 1.807) is 0 Å². The van der Waals surface area contributed by atoms with E-state index in [2.05, 4.69) is 23.8 Å². The van der Waals surface area contributed by atoms with Crippen LogP contribution in [0.15, 0.2) is 12.2 Å². The fourth-order valence-electron chi connectivity index (χ4n) is 6.86. The third-order valence-corrected chi connectivity index (χ3v) is 8.98. The van der Waals surface area contributed by atoms with Crippen LogP contribution in [0.5, 0.6) is 0 Å². The molecule has 0 aromatic rings. The van der Waals surface area contributed by atoms with Crippen molar-refractivity contribution in [3.05, 3.63) is 12.2 Å². The van der Waals surface area contributed by atoms with Gasteiger partial charge in [0.15, 0.2) is 6.10 Å². The number of carbonyl (C=O) groups is 2. The Kier molecular flexibility index (Phi) is 8.85. The average Bonchev–Trinajstić information content (AvgIpc) is 3.15. The minimum Gasteiger partial charge on any atom is -0.391 e. The lowest BCUT2D eigenvalue weighted by molar-refractivity contribution is -0.155. The number of carbonyl (C=O) groups excluding carboxylic acids is 2. The molecule has 1 unspecified atom stereocenters. The normalized spacial score (nSPS) is 38.8. The Hall–Kier alpha value is -1.16. The van der Waals surface area contributed by atoms with E-state index in [1.165, 1.54) is 77.0 Å². The minimum atomic E-state index is -0.665. The third kappa shape index (κ3) is 6.68. The van der Waals surface area contributed by atoms with Crippen LogP contribution in [0, 0.1) is 35.5 Å². The van der Waals surface area contributed by atoms with E-state index in [0.717, 1.165) is 36.5 Å². The fraction of sp³-hybridized carbons (Fsp3) is 0.857. The molecule has 4 fully saturated rings. The molecule has 4 rings (SSSR count). The highest BCUT2D eigenvalue weighted by atomic mass is 16.6. The number of ether oxygens (including phenoxy) is 2. The van der Waals surface area contributed by atoms with Crippen molar-refractivity contribution in [2.24, 2.45) is 35.5 Å². The van der Waals surface area contributed by atoms with Crippen molar-refractivity contribution in [3.63, 3.8) is 0 Å². The first-order chi connectivity index (χ1) is 15.6. The van der Waals surface area contributed by atoms with Gasteiger partial charge in [-0.15, -0.1) is 0 Å². The van der Waals surface area contributed by atoms with E-state index < -0.39 is 18.0 Å². The molecule has 4 nitrogen and oxygen atoms in total. The van der Waals surface area contributed by atoms with Gasteiger partial charge in [-0.2, -0.15) is 0 Å². The summed E-state index contributed by atoms with van der Waals surface area (Å²) in [6.45, 7) is 2.91. The summed E-state index contributed by atoms with van der Waals surface area (Å²) in [7, 11) is 0. The molecule has 0 spiro atoms. The zero-order chi connectivity index (χ0) is 22.3. The maximum atomic E-state index is 11.5. The second-order valence-electron chi connectivity index (χ2n) is 11.2. The van der Waals surface area contributed by atoms with Crippen LogP contribution in [0.25, 0.3) is 0 Å². The van der Waals surface area contributed by atoms with Crippen molar-refractivity contribution in [1.29, 1.82) is 0 Å². The van der Waals surface area contributed by atoms with Crippen LogP contribution in [0.1, 0.15) is 103 Å². The second kappa shape index (κ2) is 11.8. The van der Waals surface area contributed by atoms with Crippen LogP contribution in [-0.4, -0.2) is 24.6 Å². The molecule has 180 valence electrons. The smallest absolute Gasteiger partial charge is 0.343 e. The summed E-state index contributed by atoms with van der Waals surface area (Å²) in [4.78, 5) is 22.7. The predicted octanol–water partition coefficient (Wildman–Crippen LogP) is 6.62. The summed E-state index contributed by atoms with van der Waals surface area (Å²) < 4.78 is 10.2. The number of hydrogen-bond donors (Lipinski definition) is 0. The molecule has 4 heteroatoms. The molecule has 1 heterocycles. The number of cyclic esters (lactones) is 2. The number of allylic oxidation sites excluding steroid dienone is 2. The Labute approximate surface area is 194 Å². The largest absolute Gasteiger partial charge is 0.391 e. The zero-order valence-electron chi connectivity index (χ0n) is 20.1. The third-order valence-electron chi connectivity index (χ3n) is 8.98. The average molecular weight is 445 g/mol. The van der Waals surface area contributed by atoms with Crippen LogP contribution in [0.4, 0.5) is 0 Å². The molecular weight excluding hydrogens is 400 g/mol. The Morgan fingerprint density at radius 3 is 1.84 bits per heavy atom. The maximum absolute atomic E-state index is 11.5. The standard InChI is InChI=1S/C28H44O4/c1-2-3-20-10-14-24(15-11-20)25-16-12-22(13-17-25)5-4-21-6-8-23(9-7-21)19-31-26-18-27(29)32-28(26)30/h4-5,20-26H,2-3,6-19H2,1H3. The van der Waals surface area contributed by atoms with Gasteiger partial charge in [0.05, 0.1) is 13.0 Å². The highest BCUT2D eigenvalue weighted by Gasteiger charge is 2.35. The van der Waals surface area contributed by atoms with E-state index in [9.17, 15) is 9.59 Å². The van der Waals surface area contributed by atoms with Crippen LogP contribution in [0.3, 0.4) is 0 Å². The SMILES string of the molecule is CCCC1CCC(C2CCC(C=CC3CCC(COC4CC(=O)OC4=O)CC3)CC2)CC1. The topological polar surface area (TPSA) is 52.6 Å². The van der Waals surface area contributed by atoms with Crippen LogP contribution in [-0.2, 0) is 19.1 Å². The molecule has 0 N–H and O–H groups in total. The Balaban J connectivity index is 1.10. The second-order valence-corrected chi connectivity index (χ2v) is 11.2. The van der Waals surface area contributed by atoms with Gasteiger partial charge in [0.1, 0.15) is 0 Å². The van der Waals surface area contributed by atoms with Crippen molar-refractivity contribution in [1.82, 2.24) is 0 Å². The maximum Gasteiger partial charge on any atom is 0.343 e. The fourth-order valence-corrected chi connectivity index (χ4v) is 6.86. The predicted molar refractivity (Wildman–Crippen MR) is 126 cm³/mol. The molecule has 1 saturated heterocycles. The van der Waals surface area contributed by atoms with Crippen molar-refractivity contribution in [2.75, 3.05) is 6.61 Å². The van der Waals surface area contributed by atoms with Crippen LogP contribution < -0.4 is 0 Å². The summed E-state index contributed by atoms with van der Waals surface area (Å²) in [5.74, 6) is 4.10. The van der Waals surface area contributed by atoms with Gasteiger partial charge in [0.25, 0.3) is 0 Å². The number of rotatable bonds is 8. The van der Waals surface area contributed by atoms with Crippen molar-refractivity contribution >= 4 is 11.9 Å². The number of hydrogen-bond acceptors (Lipinski definition) is 4. The van der Waals surface area contributed by atoms with E-state index in [4.69, 9.17) is 4.74 Å². The van der Waals surface area contributed by atoms with Crippen molar-refractivity contribution in [3.8, 4) is 0 Å². The van der Waals surface area contributed by atoms with Gasteiger partial charge in [0.2, 0.25) is 0 Å². The summed E-state index contributed by atoms with van der Waals surface area (Å²) >= 11 is 0. The zero-order valence-corrected chi connectivity index (χ0v) is 20.1. The molecule has 0 aromatic heterocycles. The molecule has 0 bridgehead atoms. The highest BCUT2D eigenvalue weighted by molar-refractivity contribution is 5.96. The van der Waals surface area contributed by atoms with Gasteiger partial charge in [-0.1, -0.05) is 44.8 Å². The van der Waals surface area contributed by atoms with Gasteiger partial charge in [-0.05, 0) is 99.7 Å². The lowest BCUT2D eigenvalue weighted by atomic mass is 9.68. The van der Waals surface area contributed by atoms with E-state index >= 15 is 0 Å². The van der Waals surface area contributed by atoms with E-state index in [-0.39, 0.29) is 6.42 Å². The van der Waals surface area contributed by atoms with Gasteiger partial charge < -0.3 is 9.47 Å². The highest BCUT2D eigenvalue weighted by Crippen LogP contribution is 2.42. The first kappa shape index (κ1) is 24.0. The Morgan fingerprint density at radius 1 is 0.781 bits per heavy atom. The Morgan fingerprint density at radius 2 is 1.31 bits per heavy atom. The first-order valence-corrected chi connectivity index (χ1v) is 13.6. The van der Waals surface area contributed by atoms with Gasteiger partial charge >= 0.3 is 11.9 Å². The molecule has 0 aromatic carbocycles. The van der Waals surface area contributed by atoms with Gasteiger partial charge in [-0.25, -0.2) is 4.79 Å². The lowest BCUT2D eigenvalue weighted by Gasteiger charge is -2.37. The molecule has 3 aliphatic carbocycles. The van der Waals surface area contributed by atoms with Gasteiger partial charge in [-0.3, -0.25) is 4.79 Å². The summed E-state index contributed by atoms with van der Waals surface area (Å²) in [5.41, 5.74) is 0. The molecule has 1 atom stereocenters. The Bertz CT molecular complexity index is 632. The van der Waals surface area contributed by atoms with E-state index in [1.807, 2.05) is 0 Å². The molecule has 0 radical (unpaired) electrons. The van der Waals surface area contributed by atoms with Crippen LogP contribution in [0.2, 0.25) is 0 Å². The van der Waals surface area contributed by atoms with Gasteiger partial charge in [0, 0.05) is 0 Å². The molecule has 1 aliphatic heterocycles. The summed E-state index contributed by atoms with van der Waals surface area (Å²) in [6, 6.07) is 0. The molecule has 0 amide bonds. The van der Waals surface area contributed by atoms with Crippen LogP contribution >= 0.6 is 0 Å².